The highest BCUT2D eigenvalue weighted by Crippen LogP contribution is 2.12. The second-order valence-electron chi connectivity index (χ2n) is 3.11. The Bertz CT molecular complexity index is 443. The molecule has 0 unspecified atom stereocenters. The molecule has 0 heterocycles. The maximum atomic E-state index is 10.6. The Morgan fingerprint density at radius 2 is 2.12 bits per heavy atom. The summed E-state index contributed by atoms with van der Waals surface area (Å²) < 4.78 is 4.74. The van der Waals surface area contributed by atoms with Gasteiger partial charge in [0.05, 0.1) is 11.6 Å². The number of ether oxygens (including phenoxy) is 1. The van der Waals surface area contributed by atoms with E-state index in [0.717, 1.165) is 5.56 Å². The summed E-state index contributed by atoms with van der Waals surface area (Å²) in [7, 11) is 0. The molecule has 1 rings (SSSR count). The van der Waals surface area contributed by atoms with Crippen molar-refractivity contribution in [1.29, 1.82) is 5.26 Å². The first-order valence-corrected chi connectivity index (χ1v) is 4.99. The molecule has 0 aliphatic rings. The van der Waals surface area contributed by atoms with Gasteiger partial charge >= 0.3 is 5.97 Å². The number of halogens is 1. The molecule has 0 aliphatic heterocycles. The van der Waals surface area contributed by atoms with Crippen LogP contribution < -0.4 is 0 Å². The van der Waals surface area contributed by atoms with E-state index in [9.17, 15) is 4.79 Å². The molecule has 0 spiro atoms. The van der Waals surface area contributed by atoms with Crippen LogP contribution in [0.15, 0.2) is 29.8 Å². The highest BCUT2D eigenvalue weighted by Gasteiger charge is 1.99. The summed E-state index contributed by atoms with van der Waals surface area (Å²) in [6, 6.07) is 9.00. The third-order valence-electron chi connectivity index (χ3n) is 1.79. The number of nitriles is 1. The van der Waals surface area contributed by atoms with Crippen molar-refractivity contribution in [3.8, 4) is 6.07 Å². The zero-order valence-electron chi connectivity index (χ0n) is 8.74. The van der Waals surface area contributed by atoms with Crippen LogP contribution in [-0.2, 0) is 9.53 Å². The van der Waals surface area contributed by atoms with E-state index >= 15 is 0 Å². The van der Waals surface area contributed by atoms with Crippen molar-refractivity contribution >= 4 is 23.6 Å². The first kappa shape index (κ1) is 12.3. The predicted octanol–water partition coefficient (Wildman–Crippen LogP) is 2.81. The number of carbonyl (C=O) groups excluding carboxylic acids is 1. The molecule has 0 saturated heterocycles. The number of benzene rings is 1. The van der Waals surface area contributed by atoms with Crippen LogP contribution >= 0.6 is 11.6 Å². The Morgan fingerprint density at radius 3 is 2.62 bits per heavy atom. The summed E-state index contributed by atoms with van der Waals surface area (Å²) in [6.07, 6.45) is 1.65. The van der Waals surface area contributed by atoms with Gasteiger partial charge in [0.1, 0.15) is 6.61 Å². The lowest BCUT2D eigenvalue weighted by Gasteiger charge is -2.00. The summed E-state index contributed by atoms with van der Waals surface area (Å²) in [5, 5.41) is 9.45. The standard InChI is InChI=1S/C12H10ClNO2/c1-9(15)16-8-11(7-14)6-10-2-4-12(13)5-3-10/h2-6H,8H2,1H3/b11-6+. The lowest BCUT2D eigenvalue weighted by molar-refractivity contribution is -0.139. The van der Waals surface area contributed by atoms with E-state index < -0.39 is 5.97 Å². The SMILES string of the molecule is CC(=O)OC/C(C#N)=C/c1ccc(Cl)cc1. The first-order chi connectivity index (χ1) is 7.61. The minimum absolute atomic E-state index is 0.00550. The third kappa shape index (κ3) is 4.16. The molecule has 0 aliphatic carbocycles. The van der Waals surface area contributed by atoms with Crippen molar-refractivity contribution in [3.05, 3.63) is 40.4 Å². The van der Waals surface area contributed by atoms with Crippen LogP contribution in [0.4, 0.5) is 0 Å². The molecular weight excluding hydrogens is 226 g/mol. The fraction of sp³-hybridized carbons (Fsp3) is 0.167. The molecule has 82 valence electrons. The van der Waals surface area contributed by atoms with Crippen LogP contribution in [0.3, 0.4) is 0 Å². The van der Waals surface area contributed by atoms with Crippen molar-refractivity contribution in [1.82, 2.24) is 0 Å². The number of esters is 1. The van der Waals surface area contributed by atoms with Gasteiger partial charge in [-0.05, 0) is 23.8 Å². The van der Waals surface area contributed by atoms with Gasteiger partial charge in [-0.15, -0.1) is 0 Å². The molecule has 3 nitrogen and oxygen atoms in total. The smallest absolute Gasteiger partial charge is 0.302 e. The minimum Gasteiger partial charge on any atom is -0.460 e. The molecule has 0 aromatic heterocycles. The number of hydrogen-bond donors (Lipinski definition) is 0. The molecule has 0 bridgehead atoms. The van der Waals surface area contributed by atoms with Crippen LogP contribution in [0.5, 0.6) is 0 Å². The average Bonchev–Trinajstić information content (AvgIpc) is 2.26. The van der Waals surface area contributed by atoms with Gasteiger partial charge < -0.3 is 4.74 Å². The van der Waals surface area contributed by atoms with Gasteiger partial charge in [-0.2, -0.15) is 5.26 Å². The average molecular weight is 236 g/mol. The van der Waals surface area contributed by atoms with Crippen molar-refractivity contribution < 1.29 is 9.53 Å². The first-order valence-electron chi connectivity index (χ1n) is 4.61. The number of nitrogens with zero attached hydrogens (tertiary/aromatic N) is 1. The minimum atomic E-state index is -0.405. The van der Waals surface area contributed by atoms with E-state index in [1.807, 2.05) is 6.07 Å². The lowest BCUT2D eigenvalue weighted by Crippen LogP contribution is -2.01. The summed E-state index contributed by atoms with van der Waals surface area (Å²) >= 11 is 5.73. The third-order valence-corrected chi connectivity index (χ3v) is 2.04. The van der Waals surface area contributed by atoms with Gasteiger partial charge in [-0.3, -0.25) is 4.79 Å². The Morgan fingerprint density at radius 1 is 1.50 bits per heavy atom. The highest BCUT2D eigenvalue weighted by molar-refractivity contribution is 6.30. The van der Waals surface area contributed by atoms with Crippen molar-refractivity contribution in [2.75, 3.05) is 6.61 Å². The van der Waals surface area contributed by atoms with Gasteiger partial charge in [-0.25, -0.2) is 0 Å². The highest BCUT2D eigenvalue weighted by atomic mass is 35.5. The van der Waals surface area contributed by atoms with Crippen molar-refractivity contribution in [3.63, 3.8) is 0 Å². The second kappa shape index (κ2) is 5.94. The number of hydrogen-bond acceptors (Lipinski definition) is 3. The maximum absolute atomic E-state index is 10.6. The normalized spacial score (nSPS) is 10.7. The number of rotatable bonds is 3. The van der Waals surface area contributed by atoms with E-state index in [-0.39, 0.29) is 6.61 Å². The quantitative estimate of drug-likeness (QED) is 0.598. The molecule has 0 N–H and O–H groups in total. The van der Waals surface area contributed by atoms with Crippen LogP contribution in [0, 0.1) is 11.3 Å². The zero-order chi connectivity index (χ0) is 12.0. The number of carbonyl (C=O) groups is 1. The van der Waals surface area contributed by atoms with Crippen LogP contribution in [0.2, 0.25) is 5.02 Å². The molecule has 1 aromatic rings. The Hall–Kier alpha value is -1.79. The van der Waals surface area contributed by atoms with Crippen LogP contribution in [-0.4, -0.2) is 12.6 Å². The van der Waals surface area contributed by atoms with Gasteiger partial charge in [0, 0.05) is 11.9 Å². The molecule has 0 fully saturated rings. The Kier molecular flexibility index (Phi) is 4.56. The molecule has 0 radical (unpaired) electrons. The van der Waals surface area contributed by atoms with Crippen molar-refractivity contribution in [2.45, 2.75) is 6.92 Å². The molecule has 0 atom stereocenters. The molecular formula is C12H10ClNO2. The van der Waals surface area contributed by atoms with Gasteiger partial charge in [0.2, 0.25) is 0 Å². The molecule has 1 aromatic carbocycles. The summed E-state index contributed by atoms with van der Waals surface area (Å²) in [4.78, 5) is 10.6. The molecule has 0 saturated carbocycles. The Balaban J connectivity index is 2.76. The predicted molar refractivity (Wildman–Crippen MR) is 61.7 cm³/mol. The van der Waals surface area contributed by atoms with E-state index in [1.165, 1.54) is 6.92 Å². The van der Waals surface area contributed by atoms with E-state index in [4.69, 9.17) is 21.6 Å². The summed E-state index contributed by atoms with van der Waals surface area (Å²) in [5.41, 5.74) is 1.23. The van der Waals surface area contributed by atoms with E-state index in [1.54, 1.807) is 30.3 Å². The van der Waals surface area contributed by atoms with Crippen LogP contribution in [0.25, 0.3) is 6.08 Å². The maximum Gasteiger partial charge on any atom is 0.302 e. The topological polar surface area (TPSA) is 50.1 Å². The van der Waals surface area contributed by atoms with Gasteiger partial charge in [0.25, 0.3) is 0 Å². The largest absolute Gasteiger partial charge is 0.460 e. The van der Waals surface area contributed by atoms with Gasteiger partial charge in [0.15, 0.2) is 0 Å². The summed E-state index contributed by atoms with van der Waals surface area (Å²) in [6.45, 7) is 1.30. The second-order valence-corrected chi connectivity index (χ2v) is 3.55. The fourth-order valence-corrected chi connectivity index (χ4v) is 1.17. The van der Waals surface area contributed by atoms with E-state index in [2.05, 4.69) is 0 Å². The van der Waals surface area contributed by atoms with E-state index in [0.29, 0.717) is 10.6 Å². The van der Waals surface area contributed by atoms with Crippen molar-refractivity contribution in [2.24, 2.45) is 0 Å². The molecule has 16 heavy (non-hydrogen) atoms. The lowest BCUT2D eigenvalue weighted by atomic mass is 10.1. The molecule has 4 heteroatoms. The molecule has 0 amide bonds. The fourth-order valence-electron chi connectivity index (χ4n) is 1.05. The Labute approximate surface area is 98.9 Å². The van der Waals surface area contributed by atoms with Gasteiger partial charge in [-0.1, -0.05) is 23.7 Å². The van der Waals surface area contributed by atoms with Crippen LogP contribution in [0.1, 0.15) is 12.5 Å². The zero-order valence-corrected chi connectivity index (χ0v) is 9.49. The monoisotopic (exact) mass is 235 g/mol. The summed E-state index contributed by atoms with van der Waals surface area (Å²) in [5.74, 6) is -0.405.